The normalized spacial score (nSPS) is 11.1. The number of carbonyl (C=O) groups is 1. The van der Waals surface area contributed by atoms with Crippen molar-refractivity contribution in [3.63, 3.8) is 0 Å². The highest BCUT2D eigenvalue weighted by atomic mass is 16.5. The van der Waals surface area contributed by atoms with E-state index in [1.165, 1.54) is 6.08 Å². The minimum atomic E-state index is -0.650. The molecule has 2 aromatic heterocycles. The Kier molecular flexibility index (Phi) is 5.21. The van der Waals surface area contributed by atoms with Crippen LogP contribution in [-0.2, 0) is 16.1 Å². The first-order valence-corrected chi connectivity index (χ1v) is 7.15. The number of carbonyl (C=O) groups excluding carboxylic acids is 1. The molecule has 0 aliphatic carbocycles. The van der Waals surface area contributed by atoms with Crippen LogP contribution in [0.3, 0.4) is 0 Å². The average Bonchev–Trinajstić information content (AvgIpc) is 3.14. The second kappa shape index (κ2) is 7.32. The molecule has 0 aliphatic rings. The van der Waals surface area contributed by atoms with Gasteiger partial charge in [-0.3, -0.25) is 0 Å². The third-order valence-corrected chi connectivity index (χ3v) is 3.48. The first-order valence-electron chi connectivity index (χ1n) is 7.15. The molecule has 2 rings (SSSR count). The Morgan fingerprint density at radius 3 is 2.91 bits per heavy atom. The van der Waals surface area contributed by atoms with Crippen LogP contribution in [0.25, 0.3) is 6.08 Å². The number of aromatic nitrogens is 1. The number of nitrogens with zero attached hydrogens (tertiary/aromatic N) is 2. The molecule has 0 aliphatic heterocycles. The van der Waals surface area contributed by atoms with Crippen molar-refractivity contribution < 1.29 is 13.9 Å². The lowest BCUT2D eigenvalue weighted by Crippen LogP contribution is -2.07. The fourth-order valence-corrected chi connectivity index (χ4v) is 2.28. The van der Waals surface area contributed by atoms with E-state index < -0.39 is 5.97 Å². The number of aryl methyl sites for hydroxylation is 1. The lowest BCUT2D eigenvalue weighted by Gasteiger charge is -2.07. The molecular weight excluding hydrogens is 292 g/mol. The third-order valence-electron chi connectivity index (χ3n) is 3.48. The van der Waals surface area contributed by atoms with Gasteiger partial charge in [0.2, 0.25) is 0 Å². The van der Waals surface area contributed by atoms with Crippen LogP contribution in [0.15, 0.2) is 47.1 Å². The molecule has 0 atom stereocenters. The van der Waals surface area contributed by atoms with Gasteiger partial charge in [0, 0.05) is 11.4 Å². The van der Waals surface area contributed by atoms with Gasteiger partial charge < -0.3 is 13.7 Å². The number of nitriles is 1. The maximum absolute atomic E-state index is 11.8. The largest absolute Gasteiger partial charge is 0.467 e. The summed E-state index contributed by atoms with van der Waals surface area (Å²) in [6.07, 6.45) is 4.64. The average molecular weight is 310 g/mol. The Morgan fingerprint density at radius 1 is 1.52 bits per heavy atom. The number of furan rings is 1. The van der Waals surface area contributed by atoms with Gasteiger partial charge in [-0.15, -0.1) is 0 Å². The van der Waals surface area contributed by atoms with Crippen LogP contribution in [0.5, 0.6) is 0 Å². The van der Waals surface area contributed by atoms with Crippen LogP contribution >= 0.6 is 0 Å². The van der Waals surface area contributed by atoms with Crippen LogP contribution in [0, 0.1) is 25.2 Å². The molecule has 2 heterocycles. The Morgan fingerprint density at radius 2 is 2.30 bits per heavy atom. The molecule has 0 aromatic carbocycles. The number of hydrogen-bond acceptors (Lipinski definition) is 4. The van der Waals surface area contributed by atoms with Gasteiger partial charge in [-0.2, -0.15) is 5.26 Å². The van der Waals surface area contributed by atoms with Gasteiger partial charge in [0.05, 0.1) is 12.8 Å². The summed E-state index contributed by atoms with van der Waals surface area (Å²) in [5, 5.41) is 9.16. The zero-order valence-electron chi connectivity index (χ0n) is 13.2. The molecule has 0 bridgehead atoms. The second-order valence-corrected chi connectivity index (χ2v) is 5.05. The highest BCUT2D eigenvalue weighted by Crippen LogP contribution is 2.20. The van der Waals surface area contributed by atoms with Crippen LogP contribution in [-0.4, -0.2) is 17.1 Å². The van der Waals surface area contributed by atoms with Crippen molar-refractivity contribution in [1.29, 1.82) is 5.26 Å². The van der Waals surface area contributed by atoms with E-state index in [1.807, 2.05) is 38.1 Å². The molecule has 118 valence electrons. The van der Waals surface area contributed by atoms with E-state index in [0.717, 1.165) is 22.7 Å². The molecule has 0 unspecified atom stereocenters. The molecule has 0 spiro atoms. The number of hydrogen-bond donors (Lipinski definition) is 0. The summed E-state index contributed by atoms with van der Waals surface area (Å²) in [4.78, 5) is 11.8. The van der Waals surface area contributed by atoms with Crippen LogP contribution in [0.1, 0.15) is 22.7 Å². The number of esters is 1. The molecule has 0 saturated carbocycles. The summed E-state index contributed by atoms with van der Waals surface area (Å²) in [5.74, 6) is 0.191. The van der Waals surface area contributed by atoms with E-state index in [2.05, 4.69) is 11.1 Å². The molecule has 0 fully saturated rings. The fourth-order valence-electron chi connectivity index (χ4n) is 2.28. The molecular formula is C18H18N2O3. The standard InChI is InChI=1S/C18H18N2O3/c1-4-7-23-18(21)16(11-19)10-15-9-13(2)20(14(15)3)12-17-6-5-8-22-17/h4-6,8-10H,1,7,12H2,2-3H3/b16-10+. The van der Waals surface area contributed by atoms with Gasteiger partial charge >= 0.3 is 5.97 Å². The molecule has 5 nitrogen and oxygen atoms in total. The van der Waals surface area contributed by atoms with E-state index in [1.54, 1.807) is 12.3 Å². The molecule has 2 aromatic rings. The monoisotopic (exact) mass is 310 g/mol. The first kappa shape index (κ1) is 16.4. The zero-order chi connectivity index (χ0) is 16.8. The van der Waals surface area contributed by atoms with Crippen molar-refractivity contribution in [3.05, 3.63) is 65.4 Å². The Balaban J connectivity index is 2.29. The quantitative estimate of drug-likeness (QED) is 0.355. The van der Waals surface area contributed by atoms with Crippen molar-refractivity contribution in [3.8, 4) is 6.07 Å². The van der Waals surface area contributed by atoms with Crippen molar-refractivity contribution in [2.75, 3.05) is 6.61 Å². The van der Waals surface area contributed by atoms with Crippen LogP contribution < -0.4 is 0 Å². The zero-order valence-corrected chi connectivity index (χ0v) is 13.2. The van der Waals surface area contributed by atoms with Crippen molar-refractivity contribution in [1.82, 2.24) is 4.57 Å². The summed E-state index contributed by atoms with van der Waals surface area (Å²) < 4.78 is 12.3. The Bertz CT molecular complexity index is 774. The van der Waals surface area contributed by atoms with Crippen LogP contribution in [0.4, 0.5) is 0 Å². The Hall–Kier alpha value is -3.00. The van der Waals surface area contributed by atoms with Crippen molar-refractivity contribution >= 4 is 12.0 Å². The minimum absolute atomic E-state index is 0.0369. The van der Waals surface area contributed by atoms with Gasteiger partial charge in [0.25, 0.3) is 0 Å². The molecule has 23 heavy (non-hydrogen) atoms. The number of ether oxygens (including phenoxy) is 1. The summed E-state index contributed by atoms with van der Waals surface area (Å²) in [6, 6.07) is 7.56. The highest BCUT2D eigenvalue weighted by molar-refractivity contribution is 5.98. The SMILES string of the molecule is C=CCOC(=O)/C(C#N)=C/c1cc(C)n(Cc2ccco2)c1C. The van der Waals surface area contributed by atoms with Crippen LogP contribution in [0.2, 0.25) is 0 Å². The molecule has 0 amide bonds. The summed E-state index contributed by atoms with van der Waals surface area (Å²) >= 11 is 0. The maximum atomic E-state index is 11.8. The van der Waals surface area contributed by atoms with Crippen molar-refractivity contribution in [2.24, 2.45) is 0 Å². The van der Waals surface area contributed by atoms with E-state index in [-0.39, 0.29) is 12.2 Å². The predicted octanol–water partition coefficient (Wildman–Crippen LogP) is 3.38. The molecule has 0 radical (unpaired) electrons. The van der Waals surface area contributed by atoms with E-state index in [9.17, 15) is 4.79 Å². The van der Waals surface area contributed by atoms with E-state index in [4.69, 9.17) is 14.4 Å². The number of rotatable bonds is 6. The van der Waals surface area contributed by atoms with Gasteiger partial charge in [0.1, 0.15) is 24.0 Å². The highest BCUT2D eigenvalue weighted by Gasteiger charge is 2.14. The van der Waals surface area contributed by atoms with Gasteiger partial charge in [-0.05, 0) is 43.7 Å². The summed E-state index contributed by atoms with van der Waals surface area (Å²) in [5.41, 5.74) is 2.73. The lowest BCUT2D eigenvalue weighted by atomic mass is 10.1. The third kappa shape index (κ3) is 3.80. The summed E-state index contributed by atoms with van der Waals surface area (Å²) in [6.45, 7) is 8.06. The lowest BCUT2D eigenvalue weighted by molar-refractivity contribution is -0.137. The smallest absolute Gasteiger partial charge is 0.349 e. The maximum Gasteiger partial charge on any atom is 0.349 e. The van der Waals surface area contributed by atoms with Gasteiger partial charge in [0.15, 0.2) is 0 Å². The van der Waals surface area contributed by atoms with E-state index in [0.29, 0.717) is 6.54 Å². The second-order valence-electron chi connectivity index (χ2n) is 5.05. The fraction of sp³-hybridized carbons (Fsp3) is 0.222. The molecule has 0 N–H and O–H groups in total. The Labute approximate surface area is 135 Å². The van der Waals surface area contributed by atoms with Gasteiger partial charge in [-0.1, -0.05) is 12.7 Å². The molecule has 0 saturated heterocycles. The van der Waals surface area contributed by atoms with E-state index >= 15 is 0 Å². The first-order chi connectivity index (χ1) is 11.1. The topological polar surface area (TPSA) is 68.2 Å². The molecule has 5 heteroatoms. The van der Waals surface area contributed by atoms with Crippen molar-refractivity contribution in [2.45, 2.75) is 20.4 Å². The summed E-state index contributed by atoms with van der Waals surface area (Å²) in [7, 11) is 0. The minimum Gasteiger partial charge on any atom is -0.467 e. The predicted molar refractivity (Wildman–Crippen MR) is 86.5 cm³/mol. The van der Waals surface area contributed by atoms with Gasteiger partial charge in [-0.25, -0.2) is 4.79 Å².